The number of anilines is 1. The maximum atomic E-state index is 11.1. The molecule has 4 nitrogen and oxygen atoms in total. The minimum absolute atomic E-state index is 0.00468. The second-order valence-electron chi connectivity index (χ2n) is 3.37. The molecule has 4 heteroatoms. The summed E-state index contributed by atoms with van der Waals surface area (Å²) in [5.41, 5.74) is 0.923. The highest BCUT2D eigenvalue weighted by Crippen LogP contribution is 2.04. The molecular formula is C10H16N2O2. The topological polar surface area (TPSA) is 43.3 Å². The van der Waals surface area contributed by atoms with Crippen LogP contribution in [0.15, 0.2) is 23.1 Å². The SMILES string of the molecule is COCC(C)Nc1ccc(=O)n(C)c1. The largest absolute Gasteiger partial charge is 0.383 e. The number of methoxy groups -OCH3 is 1. The highest BCUT2D eigenvalue weighted by molar-refractivity contribution is 5.40. The van der Waals surface area contributed by atoms with Crippen molar-refractivity contribution >= 4 is 5.69 Å². The number of nitrogens with zero attached hydrogens (tertiary/aromatic N) is 1. The zero-order chi connectivity index (χ0) is 10.6. The quantitative estimate of drug-likeness (QED) is 0.775. The van der Waals surface area contributed by atoms with E-state index in [1.807, 2.05) is 6.92 Å². The summed E-state index contributed by atoms with van der Waals surface area (Å²) in [5.74, 6) is 0. The minimum Gasteiger partial charge on any atom is -0.383 e. The van der Waals surface area contributed by atoms with Crippen LogP contribution in [0, 0.1) is 0 Å². The lowest BCUT2D eigenvalue weighted by molar-refractivity contribution is 0.190. The molecule has 0 amide bonds. The summed E-state index contributed by atoms with van der Waals surface area (Å²) in [6.07, 6.45) is 1.77. The van der Waals surface area contributed by atoms with E-state index in [0.29, 0.717) is 6.61 Å². The molecule has 1 heterocycles. The van der Waals surface area contributed by atoms with E-state index in [-0.39, 0.29) is 11.6 Å². The summed E-state index contributed by atoms with van der Waals surface area (Å²) < 4.78 is 6.54. The molecule has 0 aromatic carbocycles. The van der Waals surface area contributed by atoms with Crippen molar-refractivity contribution in [2.75, 3.05) is 19.0 Å². The van der Waals surface area contributed by atoms with Crippen molar-refractivity contribution in [1.82, 2.24) is 4.57 Å². The third-order valence-corrected chi connectivity index (χ3v) is 1.92. The molecule has 1 atom stereocenters. The van der Waals surface area contributed by atoms with E-state index in [1.54, 1.807) is 37.1 Å². The van der Waals surface area contributed by atoms with Gasteiger partial charge in [-0.3, -0.25) is 4.79 Å². The van der Waals surface area contributed by atoms with Gasteiger partial charge in [0.05, 0.1) is 12.3 Å². The lowest BCUT2D eigenvalue weighted by atomic mass is 10.3. The third kappa shape index (κ3) is 2.88. The van der Waals surface area contributed by atoms with Crippen LogP contribution < -0.4 is 10.9 Å². The Labute approximate surface area is 83.5 Å². The average molecular weight is 196 g/mol. The van der Waals surface area contributed by atoms with E-state index in [4.69, 9.17) is 4.74 Å². The molecule has 0 radical (unpaired) electrons. The van der Waals surface area contributed by atoms with Crippen LogP contribution in [0.1, 0.15) is 6.92 Å². The van der Waals surface area contributed by atoms with Gasteiger partial charge >= 0.3 is 0 Å². The van der Waals surface area contributed by atoms with E-state index in [2.05, 4.69) is 5.32 Å². The normalized spacial score (nSPS) is 12.5. The van der Waals surface area contributed by atoms with Gasteiger partial charge in [0.25, 0.3) is 0 Å². The number of hydrogen-bond acceptors (Lipinski definition) is 3. The second-order valence-corrected chi connectivity index (χ2v) is 3.37. The van der Waals surface area contributed by atoms with Crippen LogP contribution in [-0.4, -0.2) is 24.3 Å². The molecule has 0 saturated heterocycles. The van der Waals surface area contributed by atoms with Gasteiger partial charge in [0.15, 0.2) is 0 Å². The van der Waals surface area contributed by atoms with Gasteiger partial charge in [-0.1, -0.05) is 0 Å². The van der Waals surface area contributed by atoms with E-state index >= 15 is 0 Å². The molecule has 0 aliphatic rings. The molecule has 1 aromatic rings. The Morgan fingerprint density at radius 3 is 2.86 bits per heavy atom. The molecule has 0 aliphatic carbocycles. The van der Waals surface area contributed by atoms with E-state index in [1.165, 1.54) is 0 Å². The molecule has 1 rings (SSSR count). The first-order valence-electron chi connectivity index (χ1n) is 4.55. The molecule has 0 bridgehead atoms. The Balaban J connectivity index is 2.68. The standard InChI is InChI=1S/C10H16N2O2/c1-8(7-14-3)11-9-4-5-10(13)12(2)6-9/h4-6,8,11H,7H2,1-3H3. The van der Waals surface area contributed by atoms with Gasteiger partial charge in [0.1, 0.15) is 0 Å². The van der Waals surface area contributed by atoms with Gasteiger partial charge < -0.3 is 14.6 Å². The van der Waals surface area contributed by atoms with Crippen LogP contribution in [0.25, 0.3) is 0 Å². The second kappa shape index (κ2) is 4.81. The van der Waals surface area contributed by atoms with Crippen LogP contribution >= 0.6 is 0 Å². The Hall–Kier alpha value is -1.29. The fourth-order valence-corrected chi connectivity index (χ4v) is 1.26. The lowest BCUT2D eigenvalue weighted by Gasteiger charge is -2.14. The van der Waals surface area contributed by atoms with Crippen molar-refractivity contribution in [2.24, 2.45) is 7.05 Å². The number of ether oxygens (including phenoxy) is 1. The number of hydrogen-bond donors (Lipinski definition) is 1. The van der Waals surface area contributed by atoms with Crippen LogP contribution in [0.4, 0.5) is 5.69 Å². The third-order valence-electron chi connectivity index (χ3n) is 1.92. The van der Waals surface area contributed by atoms with Crippen LogP contribution in [-0.2, 0) is 11.8 Å². The molecule has 1 N–H and O–H groups in total. The van der Waals surface area contributed by atoms with Gasteiger partial charge in [-0.15, -0.1) is 0 Å². The first-order chi connectivity index (χ1) is 6.63. The maximum absolute atomic E-state index is 11.1. The van der Waals surface area contributed by atoms with Gasteiger partial charge in [-0.2, -0.15) is 0 Å². The molecule has 0 saturated carbocycles. The first-order valence-corrected chi connectivity index (χ1v) is 4.55. The van der Waals surface area contributed by atoms with Crippen molar-refractivity contribution in [2.45, 2.75) is 13.0 Å². The number of nitrogens with one attached hydrogen (secondary N) is 1. The zero-order valence-electron chi connectivity index (χ0n) is 8.78. The molecule has 1 unspecified atom stereocenters. The smallest absolute Gasteiger partial charge is 0.250 e. The van der Waals surface area contributed by atoms with Crippen molar-refractivity contribution in [1.29, 1.82) is 0 Å². The van der Waals surface area contributed by atoms with Gasteiger partial charge in [-0.25, -0.2) is 0 Å². The highest BCUT2D eigenvalue weighted by atomic mass is 16.5. The summed E-state index contributed by atoms with van der Waals surface area (Å²) in [6.45, 7) is 2.66. The zero-order valence-corrected chi connectivity index (χ0v) is 8.78. The summed E-state index contributed by atoms with van der Waals surface area (Å²) in [7, 11) is 3.40. The fraction of sp³-hybridized carbons (Fsp3) is 0.500. The predicted octanol–water partition coefficient (Wildman–Crippen LogP) is 0.832. The Morgan fingerprint density at radius 1 is 1.57 bits per heavy atom. The molecular weight excluding hydrogens is 180 g/mol. The van der Waals surface area contributed by atoms with Gasteiger partial charge in [0, 0.05) is 32.5 Å². The van der Waals surface area contributed by atoms with E-state index < -0.39 is 0 Å². The van der Waals surface area contributed by atoms with Gasteiger partial charge in [-0.05, 0) is 13.0 Å². The summed E-state index contributed by atoms with van der Waals surface area (Å²) in [4.78, 5) is 11.1. The minimum atomic E-state index is -0.00468. The lowest BCUT2D eigenvalue weighted by Crippen LogP contribution is -2.22. The maximum Gasteiger partial charge on any atom is 0.250 e. The number of aryl methyl sites for hydroxylation is 1. The summed E-state index contributed by atoms with van der Waals surface area (Å²) in [5, 5.41) is 3.23. The predicted molar refractivity (Wildman–Crippen MR) is 56.6 cm³/mol. The Kier molecular flexibility index (Phi) is 3.71. The molecule has 1 aromatic heterocycles. The Morgan fingerprint density at radius 2 is 2.29 bits per heavy atom. The fourth-order valence-electron chi connectivity index (χ4n) is 1.26. The van der Waals surface area contributed by atoms with Crippen LogP contribution in [0.3, 0.4) is 0 Å². The van der Waals surface area contributed by atoms with Crippen molar-refractivity contribution in [3.05, 3.63) is 28.7 Å². The number of pyridine rings is 1. The first kappa shape index (κ1) is 10.8. The van der Waals surface area contributed by atoms with E-state index in [9.17, 15) is 4.79 Å². The number of aromatic nitrogens is 1. The molecule has 0 aliphatic heterocycles. The van der Waals surface area contributed by atoms with Crippen molar-refractivity contribution < 1.29 is 4.74 Å². The molecule has 14 heavy (non-hydrogen) atoms. The Bertz CT molecular complexity index is 346. The monoisotopic (exact) mass is 196 g/mol. The number of rotatable bonds is 4. The van der Waals surface area contributed by atoms with Crippen LogP contribution in [0.5, 0.6) is 0 Å². The summed E-state index contributed by atoms with van der Waals surface area (Å²) >= 11 is 0. The highest BCUT2D eigenvalue weighted by Gasteiger charge is 2.01. The summed E-state index contributed by atoms with van der Waals surface area (Å²) in [6, 6.07) is 3.55. The van der Waals surface area contributed by atoms with Crippen molar-refractivity contribution in [3.8, 4) is 0 Å². The molecule has 0 spiro atoms. The van der Waals surface area contributed by atoms with Crippen LogP contribution in [0.2, 0.25) is 0 Å². The van der Waals surface area contributed by atoms with E-state index in [0.717, 1.165) is 5.69 Å². The molecule has 0 fully saturated rings. The van der Waals surface area contributed by atoms with Gasteiger partial charge in [0.2, 0.25) is 5.56 Å². The average Bonchev–Trinajstić information content (AvgIpc) is 2.12. The van der Waals surface area contributed by atoms with Crippen molar-refractivity contribution in [3.63, 3.8) is 0 Å². The molecule has 78 valence electrons.